The summed E-state index contributed by atoms with van der Waals surface area (Å²) in [5, 5.41) is 1.09. The Morgan fingerprint density at radius 1 is 1.12 bits per heavy atom. The second-order valence-corrected chi connectivity index (χ2v) is 7.63. The molecule has 0 bridgehead atoms. The number of aliphatic imine (C=N–C) groups is 1. The van der Waals surface area contributed by atoms with Crippen molar-refractivity contribution >= 4 is 16.7 Å². The van der Waals surface area contributed by atoms with Crippen molar-refractivity contribution in [3.63, 3.8) is 0 Å². The lowest BCUT2D eigenvalue weighted by atomic mass is 10.1. The van der Waals surface area contributed by atoms with Crippen molar-refractivity contribution in [1.29, 1.82) is 0 Å². The van der Waals surface area contributed by atoms with Gasteiger partial charge in [-0.05, 0) is 37.3 Å². The second-order valence-electron chi connectivity index (χ2n) is 7.63. The molecule has 1 aromatic carbocycles. The molecule has 4 heterocycles. The second kappa shape index (κ2) is 8.01. The van der Waals surface area contributed by atoms with Gasteiger partial charge in [-0.15, -0.1) is 0 Å². The van der Waals surface area contributed by atoms with Gasteiger partial charge >= 0.3 is 0 Å². The molecule has 0 saturated heterocycles. The summed E-state index contributed by atoms with van der Waals surface area (Å²) in [6.07, 6.45) is 5.74. The first-order valence-corrected chi connectivity index (χ1v) is 10.2. The van der Waals surface area contributed by atoms with Gasteiger partial charge in [0, 0.05) is 35.9 Å². The van der Waals surface area contributed by atoms with Crippen molar-refractivity contribution in [2.75, 3.05) is 20.8 Å². The summed E-state index contributed by atoms with van der Waals surface area (Å²) in [5.41, 5.74) is 7.43. The Labute approximate surface area is 185 Å². The van der Waals surface area contributed by atoms with Gasteiger partial charge in [-0.3, -0.25) is 9.83 Å². The quantitative estimate of drug-likeness (QED) is 0.521. The summed E-state index contributed by atoms with van der Waals surface area (Å²) >= 11 is 0. The maximum absolute atomic E-state index is 5.69. The third kappa shape index (κ3) is 3.46. The highest BCUT2D eigenvalue weighted by molar-refractivity contribution is 5.97. The molecule has 0 radical (unpaired) electrons. The summed E-state index contributed by atoms with van der Waals surface area (Å²) in [4.78, 5) is 19.5. The molecular formula is C23H24N6O3. The van der Waals surface area contributed by atoms with E-state index in [1.54, 1.807) is 20.5 Å². The van der Waals surface area contributed by atoms with E-state index in [0.29, 0.717) is 24.0 Å². The fraction of sp³-hybridized carbons (Fsp3) is 0.261. The zero-order chi connectivity index (χ0) is 22.2. The molecule has 1 N–H and O–H groups in total. The number of benzene rings is 1. The average molecular weight is 432 g/mol. The van der Waals surface area contributed by atoms with Crippen molar-refractivity contribution in [3.8, 4) is 17.3 Å². The molecule has 0 fully saturated rings. The van der Waals surface area contributed by atoms with Crippen LogP contribution in [0.4, 0.5) is 0 Å². The van der Waals surface area contributed by atoms with Gasteiger partial charge in [-0.2, -0.15) is 0 Å². The van der Waals surface area contributed by atoms with Crippen molar-refractivity contribution in [2.45, 2.75) is 13.0 Å². The number of aryl methyl sites for hydroxylation is 2. The monoisotopic (exact) mass is 432 g/mol. The van der Waals surface area contributed by atoms with E-state index >= 15 is 0 Å². The Morgan fingerprint density at radius 3 is 2.75 bits per heavy atom. The minimum Gasteiger partial charge on any atom is -0.497 e. The number of hydrogen-bond acceptors (Lipinski definition) is 7. The van der Waals surface area contributed by atoms with E-state index in [1.165, 1.54) is 0 Å². The maximum Gasteiger partial charge on any atom is 0.238 e. The zero-order valence-electron chi connectivity index (χ0n) is 18.4. The number of methoxy groups -OCH3 is 2. The molecule has 0 spiro atoms. The highest BCUT2D eigenvalue weighted by atomic mass is 16.6. The zero-order valence-corrected chi connectivity index (χ0v) is 18.4. The van der Waals surface area contributed by atoms with Crippen LogP contribution in [0.1, 0.15) is 23.0 Å². The first kappa shape index (κ1) is 20.1. The van der Waals surface area contributed by atoms with E-state index in [4.69, 9.17) is 19.3 Å². The standard InChI is InChI=1S/C23H24N6O3/c1-14-10-29(13-24-14)21-8-6-18(26-23(21)31-4)22-25-19(12-32-27-22)17-11-28(2)20-7-5-15(30-3)9-16(17)20/h5-11,13,19H,12H2,1-4H3,(H,25,27). The van der Waals surface area contributed by atoms with Crippen LogP contribution in [-0.4, -0.2) is 45.8 Å². The number of ether oxygens (including phenoxy) is 2. The molecule has 9 nitrogen and oxygen atoms in total. The lowest BCUT2D eigenvalue weighted by Gasteiger charge is -2.22. The van der Waals surface area contributed by atoms with E-state index in [2.05, 4.69) is 26.2 Å². The Bertz CT molecular complexity index is 1320. The van der Waals surface area contributed by atoms with Crippen LogP contribution in [-0.2, 0) is 11.9 Å². The number of hydroxylamine groups is 1. The third-order valence-corrected chi connectivity index (χ3v) is 5.55. The molecule has 9 heteroatoms. The summed E-state index contributed by atoms with van der Waals surface area (Å²) in [6, 6.07) is 9.67. The number of nitrogens with zero attached hydrogens (tertiary/aromatic N) is 5. The molecule has 4 aromatic rings. The molecule has 0 aliphatic carbocycles. The van der Waals surface area contributed by atoms with Crippen LogP contribution in [0.5, 0.6) is 11.6 Å². The van der Waals surface area contributed by atoms with Gasteiger partial charge in [-0.1, -0.05) is 0 Å². The molecular weight excluding hydrogens is 408 g/mol. The fourth-order valence-electron chi connectivity index (χ4n) is 3.94. The molecule has 1 aliphatic heterocycles. The first-order valence-electron chi connectivity index (χ1n) is 10.2. The number of amidine groups is 1. The Kier molecular flexibility index (Phi) is 5.02. The highest BCUT2D eigenvalue weighted by Gasteiger charge is 2.24. The predicted molar refractivity (Wildman–Crippen MR) is 120 cm³/mol. The number of nitrogens with one attached hydrogen (secondary N) is 1. The molecule has 1 unspecified atom stereocenters. The molecule has 0 amide bonds. The van der Waals surface area contributed by atoms with Crippen molar-refractivity contribution in [2.24, 2.45) is 12.0 Å². The van der Waals surface area contributed by atoms with Gasteiger partial charge in [0.25, 0.3) is 0 Å². The van der Waals surface area contributed by atoms with Gasteiger partial charge in [0.2, 0.25) is 5.88 Å². The number of imidazole rings is 1. The van der Waals surface area contributed by atoms with Crippen molar-refractivity contribution in [3.05, 3.63) is 66.0 Å². The lowest BCUT2D eigenvalue weighted by Crippen LogP contribution is -2.33. The fourth-order valence-corrected chi connectivity index (χ4v) is 3.94. The summed E-state index contributed by atoms with van der Waals surface area (Å²) < 4.78 is 14.9. The average Bonchev–Trinajstić information content (AvgIpc) is 3.41. The van der Waals surface area contributed by atoms with Gasteiger partial charge in [0.1, 0.15) is 29.8 Å². The molecule has 3 aromatic heterocycles. The molecule has 0 saturated carbocycles. The van der Waals surface area contributed by atoms with Crippen LogP contribution in [0.3, 0.4) is 0 Å². The van der Waals surface area contributed by atoms with E-state index in [1.807, 2.05) is 55.1 Å². The van der Waals surface area contributed by atoms with E-state index < -0.39 is 0 Å². The molecule has 164 valence electrons. The maximum atomic E-state index is 5.69. The Hall–Kier alpha value is -3.85. The van der Waals surface area contributed by atoms with Gasteiger partial charge in [-0.25, -0.2) is 15.4 Å². The number of rotatable bonds is 5. The van der Waals surface area contributed by atoms with E-state index in [-0.39, 0.29) is 6.04 Å². The van der Waals surface area contributed by atoms with Crippen LogP contribution >= 0.6 is 0 Å². The van der Waals surface area contributed by atoms with Gasteiger partial charge in [0.05, 0.1) is 26.2 Å². The van der Waals surface area contributed by atoms with Crippen LogP contribution in [0, 0.1) is 6.92 Å². The van der Waals surface area contributed by atoms with E-state index in [9.17, 15) is 0 Å². The summed E-state index contributed by atoms with van der Waals surface area (Å²) in [5.74, 6) is 1.83. The first-order chi connectivity index (χ1) is 15.6. The van der Waals surface area contributed by atoms with E-state index in [0.717, 1.165) is 33.6 Å². The summed E-state index contributed by atoms with van der Waals surface area (Å²) in [6.45, 7) is 2.34. The minimum atomic E-state index is -0.189. The van der Waals surface area contributed by atoms with Crippen LogP contribution < -0.4 is 15.0 Å². The molecule has 5 rings (SSSR count). The Morgan fingerprint density at radius 2 is 2.00 bits per heavy atom. The molecule has 32 heavy (non-hydrogen) atoms. The number of hydrogen-bond donors (Lipinski definition) is 1. The summed E-state index contributed by atoms with van der Waals surface area (Å²) in [7, 11) is 5.29. The molecule has 1 atom stereocenters. The number of pyridine rings is 1. The number of fused-ring (bicyclic) bond motifs is 1. The smallest absolute Gasteiger partial charge is 0.238 e. The third-order valence-electron chi connectivity index (χ3n) is 5.55. The van der Waals surface area contributed by atoms with Crippen LogP contribution in [0.25, 0.3) is 16.6 Å². The SMILES string of the molecule is COc1ccc2c(c1)c(C1CONC(c3ccc(-n4cnc(C)c4)c(OC)n3)=N1)cn2C. The van der Waals surface area contributed by atoms with Gasteiger partial charge < -0.3 is 18.6 Å². The normalized spacial score (nSPS) is 16.0. The van der Waals surface area contributed by atoms with Crippen molar-refractivity contribution < 1.29 is 14.3 Å². The van der Waals surface area contributed by atoms with Crippen LogP contribution in [0.2, 0.25) is 0 Å². The minimum absolute atomic E-state index is 0.189. The number of aromatic nitrogens is 4. The highest BCUT2D eigenvalue weighted by Crippen LogP contribution is 2.32. The van der Waals surface area contributed by atoms with Crippen molar-refractivity contribution in [1.82, 2.24) is 24.6 Å². The lowest BCUT2D eigenvalue weighted by molar-refractivity contribution is 0.0623. The topological polar surface area (TPSA) is 87.7 Å². The molecule has 1 aliphatic rings. The largest absolute Gasteiger partial charge is 0.497 e. The van der Waals surface area contributed by atoms with Crippen LogP contribution in [0.15, 0.2) is 54.0 Å². The predicted octanol–water partition coefficient (Wildman–Crippen LogP) is 3.11. The Balaban J connectivity index is 1.53. The van der Waals surface area contributed by atoms with Gasteiger partial charge in [0.15, 0.2) is 5.84 Å².